The van der Waals surface area contributed by atoms with Gasteiger partial charge >= 0.3 is 6.09 Å². The van der Waals surface area contributed by atoms with Crippen LogP contribution in [0.3, 0.4) is 0 Å². The molecule has 2 amide bonds. The van der Waals surface area contributed by atoms with Crippen molar-refractivity contribution in [3.8, 4) is 11.1 Å². The molecule has 0 bridgehead atoms. The fourth-order valence-electron chi connectivity index (χ4n) is 10.4. The molecule has 8 aromatic rings. The number of amides is 2. The molecule has 5 nitrogen and oxygen atoms in total. The maximum atomic E-state index is 15.6. The van der Waals surface area contributed by atoms with Crippen molar-refractivity contribution in [2.75, 3.05) is 31.2 Å². The minimum atomic E-state index is -0.809. The molecule has 1 aliphatic carbocycles. The number of nitrogens with zero attached hydrogens (tertiary/aromatic N) is 1. The normalized spacial score (nSPS) is 13.1. The van der Waals surface area contributed by atoms with Gasteiger partial charge in [0, 0.05) is 30.5 Å². The Morgan fingerprint density at radius 2 is 0.861 bits per heavy atom. The molecule has 0 radical (unpaired) electrons. The highest BCUT2D eigenvalue weighted by molar-refractivity contribution is 8.00. The topological polar surface area (TPSA) is 58.6 Å². The summed E-state index contributed by atoms with van der Waals surface area (Å²) >= 11 is 3.70. The fourth-order valence-corrected chi connectivity index (χ4v) is 13.4. The van der Waals surface area contributed by atoms with Gasteiger partial charge in [0.2, 0.25) is 5.91 Å². The van der Waals surface area contributed by atoms with Crippen molar-refractivity contribution < 1.29 is 14.3 Å². The zero-order valence-electron chi connectivity index (χ0n) is 41.7. The number of hydrogen-bond acceptors (Lipinski definition) is 5. The smallest absolute Gasteiger partial charge is 0.407 e. The number of hydrogen-bond donors (Lipinski definition) is 1. The number of thioether (sulfide) groups is 2. The first-order valence-electron chi connectivity index (χ1n) is 25.3. The molecule has 0 aromatic heterocycles. The van der Waals surface area contributed by atoms with Crippen molar-refractivity contribution in [2.45, 2.75) is 55.6 Å². The minimum absolute atomic E-state index is 0.0995. The van der Waals surface area contributed by atoms with Crippen molar-refractivity contribution in [1.82, 2.24) is 10.2 Å². The molecule has 0 fully saturated rings. The number of nitrogens with one attached hydrogen (secondary N) is 1. The number of carbonyl (C=O) groups excluding carboxylic acids is 2. The predicted octanol–water partition coefficient (Wildman–Crippen LogP) is 14.8. The van der Waals surface area contributed by atoms with E-state index in [1.165, 1.54) is 44.5 Å². The molecule has 0 aliphatic heterocycles. The summed E-state index contributed by atoms with van der Waals surface area (Å²) in [6.07, 6.45) is 0.103. The lowest BCUT2D eigenvalue weighted by Crippen LogP contribution is -2.53. The molecular weight excluding hydrogens is 921 g/mol. The molecule has 7 heteroatoms. The molecule has 72 heavy (non-hydrogen) atoms. The van der Waals surface area contributed by atoms with Crippen LogP contribution in [0.15, 0.2) is 218 Å². The van der Waals surface area contributed by atoms with Gasteiger partial charge in [0.05, 0.1) is 9.49 Å². The SMILES string of the molecule is CC[C@H](C)[C@H](NC(=O)OCC1c2ccccc2-c2ccccc21)C(=O)N(CCSC(c1ccccc1)(c1ccccc1)c1ccc(C)cc1)CCSC(c1ccccc1)(c1ccccc1)c1ccc(C)cc1. The van der Waals surface area contributed by atoms with E-state index in [0.29, 0.717) is 31.0 Å². The molecule has 9 rings (SSSR count). The molecule has 0 heterocycles. The van der Waals surface area contributed by atoms with Crippen molar-refractivity contribution >= 4 is 35.5 Å². The molecule has 0 spiro atoms. The first kappa shape index (κ1) is 50.2. The molecular formula is C65H64N2O3S2. The van der Waals surface area contributed by atoms with Gasteiger partial charge in [-0.3, -0.25) is 4.79 Å². The van der Waals surface area contributed by atoms with Gasteiger partial charge in [-0.2, -0.15) is 0 Å². The Morgan fingerprint density at radius 1 is 0.514 bits per heavy atom. The van der Waals surface area contributed by atoms with Crippen LogP contribution in [0.4, 0.5) is 4.79 Å². The van der Waals surface area contributed by atoms with Crippen molar-refractivity contribution in [2.24, 2.45) is 5.92 Å². The number of aryl methyl sites for hydroxylation is 2. The van der Waals surface area contributed by atoms with E-state index in [2.05, 4.69) is 227 Å². The van der Waals surface area contributed by atoms with Crippen molar-refractivity contribution in [1.29, 1.82) is 0 Å². The average molecular weight is 985 g/mol. The standard InChI is InChI=1S/C65H64N2O3S2/c1-5-49(4)61(66-63(69)70-46-60-58-32-20-18-30-56(58)57-31-19-21-33-59(57)60)62(68)67(42-44-71-64(50-22-10-6-11-23-50,51-24-12-7-13-25-51)54-38-34-47(2)35-39-54)43-45-72-65(52-26-14-8-15-27-52,53-28-16-9-17-29-53)55-40-36-48(3)37-41-55/h6-41,49,60-61H,5,42-46H2,1-4H3,(H,66,69)/t49-,61-/m0/s1. The second-order valence-corrected chi connectivity index (χ2v) is 21.5. The lowest BCUT2D eigenvalue weighted by atomic mass is 9.84. The number of ether oxygens (including phenoxy) is 1. The highest BCUT2D eigenvalue weighted by Crippen LogP contribution is 2.50. The van der Waals surface area contributed by atoms with E-state index in [-0.39, 0.29) is 24.3 Å². The van der Waals surface area contributed by atoms with Crippen molar-refractivity contribution in [3.05, 3.63) is 274 Å². The van der Waals surface area contributed by atoms with Gasteiger partial charge in [0.25, 0.3) is 0 Å². The summed E-state index contributed by atoms with van der Waals surface area (Å²) in [5.41, 5.74) is 14.0. The van der Waals surface area contributed by atoms with E-state index >= 15 is 4.79 Å². The molecule has 0 saturated carbocycles. The summed E-state index contributed by atoms with van der Waals surface area (Å²) in [5.74, 6) is 0.859. The van der Waals surface area contributed by atoms with Crippen LogP contribution in [-0.2, 0) is 19.0 Å². The molecule has 1 N–H and O–H groups in total. The quantitative estimate of drug-likeness (QED) is 0.0771. The van der Waals surface area contributed by atoms with Gasteiger partial charge in [0.15, 0.2) is 0 Å². The van der Waals surface area contributed by atoms with E-state index in [9.17, 15) is 4.79 Å². The average Bonchev–Trinajstić information content (AvgIpc) is 3.76. The summed E-state index contributed by atoms with van der Waals surface area (Å²) < 4.78 is 4.98. The van der Waals surface area contributed by atoms with Crippen LogP contribution in [0.2, 0.25) is 0 Å². The van der Waals surface area contributed by atoms with Crippen LogP contribution in [0, 0.1) is 19.8 Å². The Labute approximate surface area is 435 Å². The Hall–Kier alpha value is -6.80. The fraction of sp³-hybridized carbons (Fsp3) is 0.231. The number of carbonyl (C=O) groups is 2. The van der Waals surface area contributed by atoms with Gasteiger partial charge in [-0.05, 0) is 75.4 Å². The van der Waals surface area contributed by atoms with Crippen molar-refractivity contribution in [3.63, 3.8) is 0 Å². The molecule has 364 valence electrons. The van der Waals surface area contributed by atoms with Crippen LogP contribution < -0.4 is 5.32 Å². The second-order valence-electron chi connectivity index (χ2n) is 18.9. The van der Waals surface area contributed by atoms with Gasteiger partial charge in [-0.15, -0.1) is 23.5 Å². The van der Waals surface area contributed by atoms with E-state index in [0.717, 1.165) is 22.3 Å². The largest absolute Gasteiger partial charge is 0.449 e. The summed E-state index contributed by atoms with van der Waals surface area (Å²) in [7, 11) is 0. The van der Waals surface area contributed by atoms with Crippen LogP contribution in [0.5, 0.6) is 0 Å². The van der Waals surface area contributed by atoms with Gasteiger partial charge in [-0.25, -0.2) is 4.79 Å². The van der Waals surface area contributed by atoms with Gasteiger partial charge in [-0.1, -0.05) is 250 Å². The van der Waals surface area contributed by atoms with E-state index in [1.54, 1.807) is 0 Å². The third kappa shape index (κ3) is 10.6. The van der Waals surface area contributed by atoms with Crippen LogP contribution >= 0.6 is 23.5 Å². The summed E-state index contributed by atoms with van der Waals surface area (Å²) in [6.45, 7) is 9.44. The summed E-state index contributed by atoms with van der Waals surface area (Å²) in [6, 6.07) is 76.5. The molecule has 0 unspecified atom stereocenters. The lowest BCUT2D eigenvalue weighted by molar-refractivity contribution is -0.134. The monoisotopic (exact) mass is 984 g/mol. The van der Waals surface area contributed by atoms with Crippen LogP contribution in [0.1, 0.15) is 81.8 Å². The second kappa shape index (κ2) is 23.2. The van der Waals surface area contributed by atoms with Gasteiger partial charge in [0.1, 0.15) is 12.6 Å². The van der Waals surface area contributed by atoms with E-state index in [4.69, 9.17) is 4.74 Å². The Kier molecular flexibility index (Phi) is 16.1. The maximum absolute atomic E-state index is 15.6. The molecule has 8 aromatic carbocycles. The third-order valence-electron chi connectivity index (χ3n) is 14.4. The Bertz CT molecular complexity index is 2760. The third-order valence-corrected chi connectivity index (χ3v) is 17.5. The minimum Gasteiger partial charge on any atom is -0.449 e. The zero-order chi connectivity index (χ0) is 49.9. The molecule has 0 saturated heterocycles. The zero-order valence-corrected chi connectivity index (χ0v) is 43.4. The first-order valence-corrected chi connectivity index (χ1v) is 27.2. The van der Waals surface area contributed by atoms with Gasteiger partial charge < -0.3 is 15.0 Å². The van der Waals surface area contributed by atoms with E-state index < -0.39 is 21.6 Å². The number of rotatable bonds is 20. The summed E-state index contributed by atoms with van der Waals surface area (Å²) in [4.78, 5) is 31.8. The molecule has 1 aliphatic rings. The number of fused-ring (bicyclic) bond motifs is 3. The Morgan fingerprint density at radius 3 is 1.24 bits per heavy atom. The Balaban J connectivity index is 1.05. The highest BCUT2D eigenvalue weighted by atomic mass is 32.2. The number of alkyl carbamates (subject to hydrolysis) is 1. The lowest BCUT2D eigenvalue weighted by Gasteiger charge is -2.38. The maximum Gasteiger partial charge on any atom is 0.407 e. The highest BCUT2D eigenvalue weighted by Gasteiger charge is 2.40. The number of benzene rings is 8. The van der Waals surface area contributed by atoms with Crippen LogP contribution in [-0.4, -0.2) is 54.1 Å². The molecule has 2 atom stereocenters. The van der Waals surface area contributed by atoms with E-state index in [1.807, 2.05) is 52.7 Å². The summed E-state index contributed by atoms with van der Waals surface area (Å²) in [5, 5.41) is 3.13. The van der Waals surface area contributed by atoms with Crippen LogP contribution in [0.25, 0.3) is 11.1 Å². The first-order chi connectivity index (χ1) is 35.2. The predicted molar refractivity (Wildman–Crippen MR) is 301 cm³/mol.